The highest BCUT2D eigenvalue weighted by Crippen LogP contribution is 2.30. The number of hydrogen-bond acceptors (Lipinski definition) is 5. The van der Waals surface area contributed by atoms with Gasteiger partial charge in [-0.05, 0) is 18.2 Å². The van der Waals surface area contributed by atoms with E-state index in [1.165, 1.54) is 4.90 Å². The molecule has 0 radical (unpaired) electrons. The Kier molecular flexibility index (Phi) is 5.80. The van der Waals surface area contributed by atoms with Crippen molar-refractivity contribution in [1.82, 2.24) is 9.88 Å². The molecule has 3 rings (SSSR count). The smallest absolute Gasteiger partial charge is 0.334 e. The third kappa shape index (κ3) is 4.35. The maximum absolute atomic E-state index is 12.3. The number of carboxylic acids is 1. The first-order chi connectivity index (χ1) is 12.4. The van der Waals surface area contributed by atoms with E-state index in [0.717, 1.165) is 0 Å². The van der Waals surface area contributed by atoms with Gasteiger partial charge in [-0.3, -0.25) is 4.79 Å². The number of aryl methyl sites for hydroxylation is 1. The number of amides is 1. The molecule has 1 saturated heterocycles. The number of morpholine rings is 1. The predicted molar refractivity (Wildman–Crippen MR) is 94.2 cm³/mol. The molecular formula is C17H16Cl2N2O5. The number of halogens is 2. The second kappa shape index (κ2) is 8.07. The predicted octanol–water partition coefficient (Wildman–Crippen LogP) is 2.89. The van der Waals surface area contributed by atoms with E-state index in [-0.39, 0.29) is 25.5 Å². The summed E-state index contributed by atoms with van der Waals surface area (Å²) in [6.07, 6.45) is 1.04. The number of aliphatic carboxylic acids is 1. The zero-order valence-electron chi connectivity index (χ0n) is 13.7. The number of oxazole rings is 1. The fourth-order valence-corrected chi connectivity index (χ4v) is 3.14. The molecule has 1 aliphatic heterocycles. The molecule has 0 saturated carbocycles. The topological polar surface area (TPSA) is 92.9 Å². The molecule has 1 atom stereocenters. The van der Waals surface area contributed by atoms with Gasteiger partial charge in [0, 0.05) is 30.0 Å². The number of rotatable bonds is 5. The molecular weight excluding hydrogens is 383 g/mol. The molecule has 1 fully saturated rings. The Morgan fingerprint density at radius 1 is 1.35 bits per heavy atom. The van der Waals surface area contributed by atoms with Gasteiger partial charge in [0.25, 0.3) is 0 Å². The van der Waals surface area contributed by atoms with E-state index in [1.54, 1.807) is 24.4 Å². The number of hydrogen-bond donors (Lipinski definition) is 1. The molecule has 1 amide bonds. The highest BCUT2D eigenvalue weighted by atomic mass is 35.5. The van der Waals surface area contributed by atoms with Gasteiger partial charge in [0.1, 0.15) is 0 Å². The Bertz CT molecular complexity index is 823. The molecule has 0 aliphatic carbocycles. The average Bonchev–Trinajstić information content (AvgIpc) is 3.08. The minimum atomic E-state index is -1.07. The summed E-state index contributed by atoms with van der Waals surface area (Å²) in [5, 5.41) is 9.96. The first-order valence-corrected chi connectivity index (χ1v) is 8.72. The summed E-state index contributed by atoms with van der Waals surface area (Å²) in [7, 11) is 0. The Hall–Kier alpha value is -2.09. The number of aromatic nitrogens is 1. The average molecular weight is 399 g/mol. The number of benzene rings is 1. The van der Waals surface area contributed by atoms with Gasteiger partial charge in [-0.15, -0.1) is 0 Å². The van der Waals surface area contributed by atoms with Crippen LogP contribution in [0.1, 0.15) is 12.3 Å². The second-order valence-corrected chi connectivity index (χ2v) is 6.62. The van der Waals surface area contributed by atoms with E-state index < -0.39 is 12.1 Å². The van der Waals surface area contributed by atoms with Crippen LogP contribution in [-0.2, 0) is 20.7 Å². The Labute approximate surface area is 159 Å². The summed E-state index contributed by atoms with van der Waals surface area (Å²) < 4.78 is 10.8. The summed E-state index contributed by atoms with van der Waals surface area (Å²) in [6, 6.07) is 5.05. The van der Waals surface area contributed by atoms with Gasteiger partial charge in [-0.25, -0.2) is 9.78 Å². The zero-order valence-corrected chi connectivity index (χ0v) is 15.2. The van der Waals surface area contributed by atoms with Crippen LogP contribution in [0.4, 0.5) is 0 Å². The standard InChI is InChI=1S/C17H16Cl2N2O5/c18-10-1-2-11(12(19)7-10)13-8-20-15(26-13)3-4-16(22)21-5-6-25-14(9-21)17(23)24/h1-2,7-8,14H,3-6,9H2,(H,23,24)/t14-/m1/s1. The van der Waals surface area contributed by atoms with Crippen molar-refractivity contribution >= 4 is 35.1 Å². The van der Waals surface area contributed by atoms with Crippen molar-refractivity contribution in [3.05, 3.63) is 40.3 Å². The highest BCUT2D eigenvalue weighted by molar-refractivity contribution is 6.36. The van der Waals surface area contributed by atoms with Crippen LogP contribution in [0, 0.1) is 0 Å². The third-order valence-corrected chi connectivity index (χ3v) is 4.55. The monoisotopic (exact) mass is 398 g/mol. The van der Waals surface area contributed by atoms with E-state index in [4.69, 9.17) is 37.5 Å². The summed E-state index contributed by atoms with van der Waals surface area (Å²) in [5.74, 6) is -0.336. The number of nitrogens with zero attached hydrogens (tertiary/aromatic N) is 2. The van der Waals surface area contributed by atoms with Crippen molar-refractivity contribution in [2.75, 3.05) is 19.7 Å². The van der Waals surface area contributed by atoms with Gasteiger partial charge in [-0.2, -0.15) is 0 Å². The van der Waals surface area contributed by atoms with Crippen molar-refractivity contribution in [3.63, 3.8) is 0 Å². The first-order valence-electron chi connectivity index (χ1n) is 7.96. The fraction of sp³-hybridized carbons (Fsp3) is 0.353. The van der Waals surface area contributed by atoms with Crippen LogP contribution in [0.5, 0.6) is 0 Å². The molecule has 7 nitrogen and oxygen atoms in total. The molecule has 9 heteroatoms. The largest absolute Gasteiger partial charge is 0.479 e. The molecule has 26 heavy (non-hydrogen) atoms. The lowest BCUT2D eigenvalue weighted by Gasteiger charge is -2.30. The zero-order chi connectivity index (χ0) is 18.7. The van der Waals surface area contributed by atoms with E-state index >= 15 is 0 Å². The Morgan fingerprint density at radius 3 is 2.88 bits per heavy atom. The lowest BCUT2D eigenvalue weighted by Crippen LogP contribution is -2.48. The molecule has 0 bridgehead atoms. The maximum atomic E-state index is 12.3. The van der Waals surface area contributed by atoms with Gasteiger partial charge in [0.05, 0.1) is 24.4 Å². The molecule has 0 unspecified atom stereocenters. The van der Waals surface area contributed by atoms with Crippen LogP contribution < -0.4 is 0 Å². The molecule has 2 aromatic rings. The van der Waals surface area contributed by atoms with E-state index in [1.807, 2.05) is 0 Å². The summed E-state index contributed by atoms with van der Waals surface area (Å²) in [5.41, 5.74) is 0.665. The van der Waals surface area contributed by atoms with Crippen molar-refractivity contribution in [2.24, 2.45) is 0 Å². The van der Waals surface area contributed by atoms with Crippen LogP contribution in [0.15, 0.2) is 28.8 Å². The van der Waals surface area contributed by atoms with Gasteiger partial charge in [0.2, 0.25) is 5.91 Å². The fourth-order valence-electron chi connectivity index (χ4n) is 2.64. The van der Waals surface area contributed by atoms with E-state index in [0.29, 0.717) is 40.2 Å². The summed E-state index contributed by atoms with van der Waals surface area (Å²) in [6.45, 7) is 0.631. The Balaban J connectivity index is 1.59. The third-order valence-electron chi connectivity index (χ3n) is 4.00. The number of ether oxygens (including phenoxy) is 1. The van der Waals surface area contributed by atoms with E-state index in [9.17, 15) is 9.59 Å². The maximum Gasteiger partial charge on any atom is 0.334 e. The summed E-state index contributed by atoms with van der Waals surface area (Å²) >= 11 is 12.0. The molecule has 1 N–H and O–H groups in total. The van der Waals surface area contributed by atoms with Gasteiger partial charge in [-0.1, -0.05) is 23.2 Å². The molecule has 1 aliphatic rings. The quantitative estimate of drug-likeness (QED) is 0.831. The SMILES string of the molecule is O=C(O)[C@H]1CN(C(=O)CCc2ncc(-c3ccc(Cl)cc3Cl)o2)CCO1. The molecule has 2 heterocycles. The normalized spacial score (nSPS) is 17.3. The summed E-state index contributed by atoms with van der Waals surface area (Å²) in [4.78, 5) is 28.9. The first kappa shape index (κ1) is 18.7. The molecule has 138 valence electrons. The van der Waals surface area contributed by atoms with Crippen molar-refractivity contribution in [2.45, 2.75) is 18.9 Å². The highest BCUT2D eigenvalue weighted by Gasteiger charge is 2.28. The van der Waals surface area contributed by atoms with Crippen molar-refractivity contribution < 1.29 is 23.8 Å². The lowest BCUT2D eigenvalue weighted by atomic mass is 10.2. The minimum absolute atomic E-state index is 0.0470. The minimum Gasteiger partial charge on any atom is -0.479 e. The van der Waals surface area contributed by atoms with Gasteiger partial charge in [0.15, 0.2) is 17.8 Å². The molecule has 0 spiro atoms. The molecule has 1 aromatic carbocycles. The van der Waals surface area contributed by atoms with Crippen LogP contribution in [0.25, 0.3) is 11.3 Å². The Morgan fingerprint density at radius 2 is 2.15 bits per heavy atom. The van der Waals surface area contributed by atoms with Crippen molar-refractivity contribution in [3.8, 4) is 11.3 Å². The molecule has 1 aromatic heterocycles. The van der Waals surface area contributed by atoms with Crippen LogP contribution in [0.2, 0.25) is 10.0 Å². The number of carbonyl (C=O) groups is 2. The lowest BCUT2D eigenvalue weighted by molar-refractivity contribution is -0.159. The second-order valence-electron chi connectivity index (χ2n) is 5.78. The van der Waals surface area contributed by atoms with Crippen LogP contribution in [-0.4, -0.2) is 52.7 Å². The van der Waals surface area contributed by atoms with Gasteiger partial charge < -0.3 is 19.2 Å². The number of carboxylic acid groups (broad SMARTS) is 1. The van der Waals surface area contributed by atoms with Crippen LogP contribution in [0.3, 0.4) is 0 Å². The van der Waals surface area contributed by atoms with E-state index in [2.05, 4.69) is 4.98 Å². The van der Waals surface area contributed by atoms with Gasteiger partial charge >= 0.3 is 5.97 Å². The van der Waals surface area contributed by atoms with Crippen LogP contribution >= 0.6 is 23.2 Å². The number of carbonyl (C=O) groups excluding carboxylic acids is 1. The van der Waals surface area contributed by atoms with Crippen molar-refractivity contribution in [1.29, 1.82) is 0 Å².